The van der Waals surface area contributed by atoms with Crippen molar-refractivity contribution in [2.24, 2.45) is 5.92 Å². The second-order valence-corrected chi connectivity index (χ2v) is 3.78. The predicted octanol–water partition coefficient (Wildman–Crippen LogP) is 3.23. The van der Waals surface area contributed by atoms with Crippen molar-refractivity contribution >= 4 is 0 Å². The highest BCUT2D eigenvalue weighted by Gasteiger charge is 2.29. The summed E-state index contributed by atoms with van der Waals surface area (Å²) in [6.07, 6.45) is -2.01. The van der Waals surface area contributed by atoms with Crippen LogP contribution in [-0.4, -0.2) is 6.61 Å². The van der Waals surface area contributed by atoms with E-state index < -0.39 is 6.43 Å². The third-order valence-corrected chi connectivity index (χ3v) is 2.77. The van der Waals surface area contributed by atoms with Crippen LogP contribution in [0.1, 0.15) is 30.1 Å². The van der Waals surface area contributed by atoms with Gasteiger partial charge in [0.15, 0.2) is 0 Å². The number of benzene rings is 1. The molecule has 2 rings (SSSR count). The van der Waals surface area contributed by atoms with Crippen LogP contribution in [0.2, 0.25) is 0 Å². The lowest BCUT2D eigenvalue weighted by molar-refractivity contribution is 0.100. The first-order chi connectivity index (χ1) is 7.72. The molecule has 16 heavy (non-hydrogen) atoms. The monoisotopic (exact) mass is 223 g/mol. The maximum Gasteiger partial charge on any atom is 0.263 e. The summed E-state index contributed by atoms with van der Waals surface area (Å²) in [7, 11) is 0. The lowest BCUT2D eigenvalue weighted by Crippen LogP contribution is -2.05. The van der Waals surface area contributed by atoms with Crippen LogP contribution in [0.4, 0.5) is 8.78 Å². The number of nitrogens with zero attached hydrogens (tertiary/aromatic N) is 1. The SMILES string of the molecule is N#CC1CCOC1c1ccc(C(F)F)cc1. The van der Waals surface area contributed by atoms with Crippen molar-refractivity contribution in [3.8, 4) is 6.07 Å². The summed E-state index contributed by atoms with van der Waals surface area (Å²) in [5.41, 5.74) is 0.795. The zero-order chi connectivity index (χ0) is 11.5. The van der Waals surface area contributed by atoms with E-state index in [2.05, 4.69) is 6.07 Å². The van der Waals surface area contributed by atoms with Crippen LogP contribution in [0.25, 0.3) is 0 Å². The highest BCUT2D eigenvalue weighted by atomic mass is 19.3. The Hall–Kier alpha value is -1.47. The zero-order valence-electron chi connectivity index (χ0n) is 8.57. The van der Waals surface area contributed by atoms with Crippen molar-refractivity contribution in [2.45, 2.75) is 19.0 Å². The molecule has 4 heteroatoms. The first-order valence-corrected chi connectivity index (χ1v) is 5.11. The van der Waals surface area contributed by atoms with Crippen LogP contribution in [0.3, 0.4) is 0 Å². The van der Waals surface area contributed by atoms with Gasteiger partial charge in [0.05, 0.1) is 18.1 Å². The van der Waals surface area contributed by atoms with Gasteiger partial charge >= 0.3 is 0 Å². The topological polar surface area (TPSA) is 33.0 Å². The molecule has 1 aromatic rings. The number of hydrogen-bond acceptors (Lipinski definition) is 2. The number of nitriles is 1. The fourth-order valence-corrected chi connectivity index (χ4v) is 1.88. The fraction of sp³-hybridized carbons (Fsp3) is 0.417. The standard InChI is InChI=1S/C12H11F2NO/c13-12(14)9-3-1-8(2-4-9)11-10(7-15)5-6-16-11/h1-4,10-12H,5-6H2. The van der Waals surface area contributed by atoms with Crippen molar-refractivity contribution in [1.29, 1.82) is 5.26 Å². The molecular weight excluding hydrogens is 212 g/mol. The van der Waals surface area contributed by atoms with E-state index in [1.54, 1.807) is 12.1 Å². The van der Waals surface area contributed by atoms with Crippen molar-refractivity contribution < 1.29 is 13.5 Å². The molecule has 1 fully saturated rings. The van der Waals surface area contributed by atoms with E-state index in [1.165, 1.54) is 12.1 Å². The van der Waals surface area contributed by atoms with Crippen molar-refractivity contribution in [3.63, 3.8) is 0 Å². The molecule has 1 aliphatic heterocycles. The molecule has 84 valence electrons. The van der Waals surface area contributed by atoms with Gasteiger partial charge in [-0.3, -0.25) is 0 Å². The van der Waals surface area contributed by atoms with Gasteiger partial charge in [0.1, 0.15) is 0 Å². The molecule has 0 N–H and O–H groups in total. The summed E-state index contributed by atoms with van der Waals surface area (Å²) in [4.78, 5) is 0. The zero-order valence-corrected chi connectivity index (χ0v) is 8.57. The Morgan fingerprint density at radius 2 is 2.00 bits per heavy atom. The lowest BCUT2D eigenvalue weighted by Gasteiger charge is -2.13. The average molecular weight is 223 g/mol. The fourth-order valence-electron chi connectivity index (χ4n) is 1.88. The molecule has 0 bridgehead atoms. The van der Waals surface area contributed by atoms with E-state index in [0.29, 0.717) is 13.0 Å². The summed E-state index contributed by atoms with van der Waals surface area (Å²) in [5, 5.41) is 8.89. The van der Waals surface area contributed by atoms with Crippen LogP contribution in [0.15, 0.2) is 24.3 Å². The second-order valence-electron chi connectivity index (χ2n) is 3.78. The number of hydrogen-bond donors (Lipinski definition) is 0. The normalized spacial score (nSPS) is 24.6. The summed E-state index contributed by atoms with van der Waals surface area (Å²) >= 11 is 0. The Morgan fingerprint density at radius 1 is 1.31 bits per heavy atom. The molecular formula is C12H11F2NO. The molecule has 2 atom stereocenters. The molecule has 0 aromatic heterocycles. The largest absolute Gasteiger partial charge is 0.372 e. The van der Waals surface area contributed by atoms with E-state index in [-0.39, 0.29) is 17.6 Å². The molecule has 0 radical (unpaired) electrons. The smallest absolute Gasteiger partial charge is 0.263 e. The van der Waals surface area contributed by atoms with Gasteiger partial charge in [-0.1, -0.05) is 24.3 Å². The Bertz CT molecular complexity index is 396. The van der Waals surface area contributed by atoms with E-state index in [1.807, 2.05) is 0 Å². The molecule has 0 amide bonds. The van der Waals surface area contributed by atoms with Crippen molar-refractivity contribution in [2.75, 3.05) is 6.61 Å². The van der Waals surface area contributed by atoms with E-state index >= 15 is 0 Å². The van der Waals surface area contributed by atoms with Gasteiger partial charge in [-0.15, -0.1) is 0 Å². The van der Waals surface area contributed by atoms with Crippen LogP contribution in [-0.2, 0) is 4.74 Å². The summed E-state index contributed by atoms with van der Waals surface area (Å²) in [5.74, 6) is -0.169. The summed E-state index contributed by atoms with van der Waals surface area (Å²) < 4.78 is 30.1. The van der Waals surface area contributed by atoms with E-state index in [4.69, 9.17) is 10.00 Å². The maximum atomic E-state index is 12.3. The first kappa shape index (κ1) is 11.0. The van der Waals surface area contributed by atoms with Crippen molar-refractivity contribution in [1.82, 2.24) is 0 Å². The highest BCUT2D eigenvalue weighted by Crippen LogP contribution is 2.34. The summed E-state index contributed by atoms with van der Waals surface area (Å²) in [6, 6.07) is 8.17. The molecule has 1 aromatic carbocycles. The number of alkyl halides is 2. The molecule has 1 aliphatic rings. The molecule has 1 saturated heterocycles. The number of halogens is 2. The third-order valence-electron chi connectivity index (χ3n) is 2.77. The van der Waals surface area contributed by atoms with E-state index in [0.717, 1.165) is 5.56 Å². The first-order valence-electron chi connectivity index (χ1n) is 5.11. The Balaban J connectivity index is 2.19. The van der Waals surface area contributed by atoms with Gasteiger partial charge < -0.3 is 4.74 Å². The van der Waals surface area contributed by atoms with Crippen LogP contribution < -0.4 is 0 Å². The van der Waals surface area contributed by atoms with Gasteiger partial charge in [0, 0.05) is 12.2 Å². The molecule has 0 spiro atoms. The number of rotatable bonds is 2. The highest BCUT2D eigenvalue weighted by molar-refractivity contribution is 5.26. The second kappa shape index (κ2) is 4.58. The van der Waals surface area contributed by atoms with Crippen LogP contribution in [0.5, 0.6) is 0 Å². The van der Waals surface area contributed by atoms with Crippen LogP contribution in [0, 0.1) is 17.2 Å². The molecule has 2 nitrogen and oxygen atoms in total. The molecule has 0 aliphatic carbocycles. The van der Waals surface area contributed by atoms with E-state index in [9.17, 15) is 8.78 Å². The predicted molar refractivity (Wildman–Crippen MR) is 53.8 cm³/mol. The van der Waals surface area contributed by atoms with Crippen LogP contribution >= 0.6 is 0 Å². The summed E-state index contributed by atoms with van der Waals surface area (Å²) in [6.45, 7) is 0.555. The number of ether oxygens (including phenoxy) is 1. The van der Waals surface area contributed by atoms with Gasteiger partial charge in [-0.05, 0) is 12.0 Å². The maximum absolute atomic E-state index is 12.3. The molecule has 0 saturated carbocycles. The minimum atomic E-state index is -2.45. The van der Waals surface area contributed by atoms with Gasteiger partial charge in [-0.2, -0.15) is 5.26 Å². The Morgan fingerprint density at radius 3 is 2.56 bits per heavy atom. The van der Waals surface area contributed by atoms with Crippen molar-refractivity contribution in [3.05, 3.63) is 35.4 Å². The molecule has 1 heterocycles. The third kappa shape index (κ3) is 2.05. The van der Waals surface area contributed by atoms with Gasteiger partial charge in [-0.25, -0.2) is 8.78 Å². The minimum Gasteiger partial charge on any atom is -0.372 e. The Kier molecular flexibility index (Phi) is 3.16. The van der Waals surface area contributed by atoms with Gasteiger partial charge in [0.2, 0.25) is 0 Å². The average Bonchev–Trinajstić information content (AvgIpc) is 2.77. The quantitative estimate of drug-likeness (QED) is 0.771. The lowest BCUT2D eigenvalue weighted by atomic mass is 9.96. The Labute approximate surface area is 92.5 Å². The minimum absolute atomic E-state index is 0.00439. The van der Waals surface area contributed by atoms with Gasteiger partial charge in [0.25, 0.3) is 6.43 Å². The molecule has 2 unspecified atom stereocenters.